The number of halogens is 1. The molecule has 0 radical (unpaired) electrons. The number of nitrogens with one attached hydrogen (secondary N) is 1. The maximum absolute atomic E-state index is 10.6. The monoisotopic (exact) mass is 386 g/mol. The van der Waals surface area contributed by atoms with Crippen molar-refractivity contribution in [3.63, 3.8) is 0 Å². The summed E-state index contributed by atoms with van der Waals surface area (Å²) in [6, 6.07) is 14.8. The molecule has 0 aliphatic carbocycles. The van der Waals surface area contributed by atoms with E-state index in [0.29, 0.717) is 0 Å². The quantitative estimate of drug-likeness (QED) is 0.626. The fourth-order valence-corrected chi connectivity index (χ4v) is 4.00. The molecule has 5 heteroatoms. The average Bonchev–Trinajstić information content (AvgIpc) is 2.75. The van der Waals surface area contributed by atoms with E-state index in [0.717, 1.165) is 43.8 Å². The van der Waals surface area contributed by atoms with Crippen molar-refractivity contribution < 1.29 is 9.90 Å². The lowest BCUT2D eigenvalue weighted by Crippen LogP contribution is -2.24. The van der Waals surface area contributed by atoms with E-state index in [-0.39, 0.29) is 12.5 Å². The molecule has 1 aliphatic heterocycles. The maximum Gasteiger partial charge on any atom is 0.303 e. The predicted octanol–water partition coefficient (Wildman–Crippen LogP) is 5.00. The molecule has 4 nitrogen and oxygen atoms in total. The minimum atomic E-state index is -0.706. The molecule has 1 aliphatic rings. The summed E-state index contributed by atoms with van der Waals surface area (Å²) in [5.74, 6) is -0.706. The second-order valence-electron chi connectivity index (χ2n) is 7.20. The van der Waals surface area contributed by atoms with Crippen LogP contribution in [0.4, 0.5) is 5.69 Å². The molecule has 0 spiro atoms. The van der Waals surface area contributed by atoms with Crippen molar-refractivity contribution in [3.8, 4) is 0 Å². The van der Waals surface area contributed by atoms with Gasteiger partial charge < -0.3 is 15.3 Å². The SMILES string of the molecule is CN1Cc2cc(Cl)ccc2C(NCCCCCCC(=O)O)c2ccccc21. The lowest BCUT2D eigenvalue weighted by Gasteiger charge is -2.23. The molecule has 0 amide bonds. The first-order valence-electron chi connectivity index (χ1n) is 9.60. The predicted molar refractivity (Wildman–Crippen MR) is 111 cm³/mol. The Bertz CT molecular complexity index is 794. The van der Waals surface area contributed by atoms with Gasteiger partial charge in [-0.25, -0.2) is 0 Å². The molecule has 27 heavy (non-hydrogen) atoms. The van der Waals surface area contributed by atoms with E-state index < -0.39 is 5.97 Å². The Balaban J connectivity index is 1.71. The maximum atomic E-state index is 10.6. The third-order valence-electron chi connectivity index (χ3n) is 5.15. The minimum Gasteiger partial charge on any atom is -0.481 e. The van der Waals surface area contributed by atoms with Crippen LogP contribution in [0, 0.1) is 0 Å². The van der Waals surface area contributed by atoms with Gasteiger partial charge in [-0.1, -0.05) is 48.7 Å². The molecule has 0 aromatic heterocycles. The number of aliphatic carboxylic acids is 1. The molecular formula is C22H27ClN2O2. The lowest BCUT2D eigenvalue weighted by atomic mass is 9.94. The highest BCUT2D eigenvalue weighted by Crippen LogP contribution is 2.37. The van der Waals surface area contributed by atoms with Crippen molar-refractivity contribution in [2.75, 3.05) is 18.5 Å². The standard InChI is InChI=1S/C22H27ClN2O2/c1-25-15-16-14-17(23)11-12-18(16)22(19-8-5-6-9-20(19)25)24-13-7-3-2-4-10-21(26)27/h5-6,8-9,11-12,14,22,24H,2-4,7,10,13,15H2,1H3,(H,26,27). The van der Waals surface area contributed by atoms with E-state index in [1.807, 2.05) is 6.07 Å². The van der Waals surface area contributed by atoms with Gasteiger partial charge in [-0.3, -0.25) is 4.79 Å². The fourth-order valence-electron chi connectivity index (χ4n) is 3.80. The van der Waals surface area contributed by atoms with Gasteiger partial charge in [-0.2, -0.15) is 0 Å². The van der Waals surface area contributed by atoms with Crippen LogP contribution >= 0.6 is 11.6 Å². The number of hydrogen-bond donors (Lipinski definition) is 2. The van der Waals surface area contributed by atoms with Crippen molar-refractivity contribution in [2.24, 2.45) is 0 Å². The summed E-state index contributed by atoms with van der Waals surface area (Å²) in [5, 5.41) is 13.2. The molecule has 1 atom stereocenters. The number of benzene rings is 2. The van der Waals surface area contributed by atoms with Crippen LogP contribution in [0.3, 0.4) is 0 Å². The minimum absolute atomic E-state index is 0.137. The van der Waals surface area contributed by atoms with Gasteiger partial charge in [0.15, 0.2) is 0 Å². The molecular weight excluding hydrogens is 360 g/mol. The summed E-state index contributed by atoms with van der Waals surface area (Å²) in [7, 11) is 2.12. The summed E-state index contributed by atoms with van der Waals surface area (Å²) < 4.78 is 0. The van der Waals surface area contributed by atoms with Gasteiger partial charge in [0.2, 0.25) is 0 Å². The largest absolute Gasteiger partial charge is 0.481 e. The van der Waals surface area contributed by atoms with Crippen LogP contribution in [0.25, 0.3) is 0 Å². The first kappa shape index (κ1) is 19.7. The van der Waals surface area contributed by atoms with Gasteiger partial charge in [0.1, 0.15) is 0 Å². The molecule has 0 saturated heterocycles. The van der Waals surface area contributed by atoms with Crippen LogP contribution in [0.15, 0.2) is 42.5 Å². The molecule has 2 aromatic rings. The van der Waals surface area contributed by atoms with Crippen LogP contribution in [-0.2, 0) is 11.3 Å². The fraction of sp³-hybridized carbons (Fsp3) is 0.409. The van der Waals surface area contributed by atoms with Crippen molar-refractivity contribution in [1.29, 1.82) is 0 Å². The van der Waals surface area contributed by atoms with Gasteiger partial charge in [0.25, 0.3) is 0 Å². The van der Waals surface area contributed by atoms with E-state index >= 15 is 0 Å². The highest BCUT2D eigenvalue weighted by Gasteiger charge is 2.25. The molecule has 0 bridgehead atoms. The Morgan fingerprint density at radius 1 is 1.15 bits per heavy atom. The number of anilines is 1. The molecule has 144 valence electrons. The first-order chi connectivity index (χ1) is 13.1. The van der Waals surface area contributed by atoms with Crippen LogP contribution in [0.5, 0.6) is 0 Å². The van der Waals surface area contributed by atoms with Gasteiger partial charge in [0.05, 0.1) is 6.04 Å². The normalized spacial score (nSPS) is 15.8. The molecule has 2 N–H and O–H groups in total. The van der Waals surface area contributed by atoms with Crippen molar-refractivity contribution in [1.82, 2.24) is 5.32 Å². The lowest BCUT2D eigenvalue weighted by molar-refractivity contribution is -0.137. The Hall–Kier alpha value is -2.04. The Morgan fingerprint density at radius 3 is 2.74 bits per heavy atom. The van der Waals surface area contributed by atoms with Crippen LogP contribution in [0.2, 0.25) is 5.02 Å². The van der Waals surface area contributed by atoms with E-state index in [4.69, 9.17) is 16.7 Å². The summed E-state index contributed by atoms with van der Waals surface area (Å²) in [5.41, 5.74) is 5.05. The Kier molecular flexibility index (Phi) is 6.75. The van der Waals surface area contributed by atoms with E-state index in [1.54, 1.807) is 0 Å². The molecule has 0 fully saturated rings. The summed E-state index contributed by atoms with van der Waals surface area (Å²) in [6.07, 6.45) is 4.07. The summed E-state index contributed by atoms with van der Waals surface area (Å²) >= 11 is 6.25. The zero-order chi connectivity index (χ0) is 19.2. The van der Waals surface area contributed by atoms with Crippen LogP contribution in [0.1, 0.15) is 54.8 Å². The zero-order valence-corrected chi connectivity index (χ0v) is 16.5. The number of carboxylic acids is 1. The third-order valence-corrected chi connectivity index (χ3v) is 5.38. The number of hydrogen-bond acceptors (Lipinski definition) is 3. The number of carbonyl (C=O) groups is 1. The van der Waals surface area contributed by atoms with Crippen molar-refractivity contribution in [2.45, 2.75) is 44.7 Å². The van der Waals surface area contributed by atoms with Gasteiger partial charge in [0, 0.05) is 30.7 Å². The van der Waals surface area contributed by atoms with Crippen molar-refractivity contribution in [3.05, 3.63) is 64.2 Å². The number of unbranched alkanes of at least 4 members (excludes halogenated alkanes) is 3. The smallest absolute Gasteiger partial charge is 0.303 e. The Morgan fingerprint density at radius 2 is 1.93 bits per heavy atom. The number of fused-ring (bicyclic) bond motifs is 2. The molecule has 3 rings (SSSR count). The van der Waals surface area contributed by atoms with Crippen LogP contribution in [-0.4, -0.2) is 24.7 Å². The number of para-hydroxylation sites is 1. The second kappa shape index (κ2) is 9.25. The second-order valence-corrected chi connectivity index (χ2v) is 7.64. The van der Waals surface area contributed by atoms with Crippen molar-refractivity contribution >= 4 is 23.3 Å². The van der Waals surface area contributed by atoms with Gasteiger partial charge >= 0.3 is 5.97 Å². The number of nitrogens with zero attached hydrogens (tertiary/aromatic N) is 1. The average molecular weight is 387 g/mol. The molecule has 1 heterocycles. The van der Waals surface area contributed by atoms with Gasteiger partial charge in [-0.15, -0.1) is 0 Å². The third kappa shape index (κ3) is 5.02. The summed E-state index contributed by atoms with van der Waals surface area (Å²) in [6.45, 7) is 1.73. The van der Waals surface area contributed by atoms with E-state index in [9.17, 15) is 4.79 Å². The molecule has 2 aromatic carbocycles. The van der Waals surface area contributed by atoms with Crippen LogP contribution < -0.4 is 10.2 Å². The summed E-state index contributed by atoms with van der Waals surface area (Å²) in [4.78, 5) is 12.9. The van der Waals surface area contributed by atoms with E-state index in [1.165, 1.54) is 22.4 Å². The molecule has 1 unspecified atom stereocenters. The van der Waals surface area contributed by atoms with Gasteiger partial charge in [-0.05, 0) is 54.3 Å². The van der Waals surface area contributed by atoms with E-state index in [2.05, 4.69) is 53.7 Å². The highest BCUT2D eigenvalue weighted by atomic mass is 35.5. The first-order valence-corrected chi connectivity index (χ1v) is 9.97. The number of rotatable bonds is 8. The zero-order valence-electron chi connectivity index (χ0n) is 15.7. The highest BCUT2D eigenvalue weighted by molar-refractivity contribution is 6.30. The number of carboxylic acid groups (broad SMARTS) is 1. The topological polar surface area (TPSA) is 52.6 Å². The molecule has 0 saturated carbocycles. The Labute approximate surface area is 166 Å².